The molecule has 0 amide bonds. The Balaban J connectivity index is 1.47. The van der Waals surface area contributed by atoms with Crippen molar-refractivity contribution in [3.8, 4) is 34.6 Å². The molecule has 3 heterocycles. The summed E-state index contributed by atoms with van der Waals surface area (Å²) in [6.45, 7) is 0. The van der Waals surface area contributed by atoms with Crippen molar-refractivity contribution in [2.24, 2.45) is 0 Å². The zero-order valence-electron chi connectivity index (χ0n) is 20.5. The summed E-state index contributed by atoms with van der Waals surface area (Å²) in [5, 5.41) is 14.8. The monoisotopic (exact) mass is 496 g/mol. The van der Waals surface area contributed by atoms with Crippen molar-refractivity contribution < 1.29 is 24.1 Å². The summed E-state index contributed by atoms with van der Waals surface area (Å²) in [6.07, 6.45) is 2.09. The van der Waals surface area contributed by atoms with Crippen LogP contribution in [-0.4, -0.2) is 46.0 Å². The molecule has 186 valence electrons. The van der Waals surface area contributed by atoms with Crippen molar-refractivity contribution >= 4 is 5.65 Å². The number of fused-ring (bicyclic) bond motifs is 4. The molecular weight excluding hydrogens is 472 g/mol. The Kier molecular flexibility index (Phi) is 5.52. The topological polar surface area (TPSA) is 100 Å². The normalized spacial score (nSPS) is 14.0. The molecule has 1 aliphatic heterocycles. The van der Waals surface area contributed by atoms with Gasteiger partial charge in [0.2, 0.25) is 5.88 Å². The molecule has 1 unspecified atom stereocenters. The number of rotatable bonds is 6. The van der Waals surface area contributed by atoms with Gasteiger partial charge < -0.3 is 24.1 Å². The molecule has 0 fully saturated rings. The predicted molar refractivity (Wildman–Crippen MR) is 135 cm³/mol. The minimum absolute atomic E-state index is 0.122. The molecule has 0 saturated heterocycles. The predicted octanol–water partition coefficient (Wildman–Crippen LogP) is 4.73. The largest absolute Gasteiger partial charge is 0.508 e. The molecule has 1 atom stereocenters. The molecule has 6 rings (SSSR count). The van der Waals surface area contributed by atoms with Crippen LogP contribution in [0.2, 0.25) is 0 Å². The number of phenols is 1. The number of nitrogens with zero attached hydrogens (tertiary/aromatic N) is 4. The average molecular weight is 497 g/mol. The van der Waals surface area contributed by atoms with Crippen LogP contribution in [0.4, 0.5) is 0 Å². The molecule has 0 radical (unpaired) electrons. The number of ether oxygens (including phenoxy) is 4. The number of methoxy groups -OCH3 is 3. The first-order chi connectivity index (χ1) is 18.1. The van der Waals surface area contributed by atoms with E-state index >= 15 is 0 Å². The Bertz CT molecular complexity index is 1610. The van der Waals surface area contributed by atoms with Crippen molar-refractivity contribution in [1.82, 2.24) is 19.6 Å². The van der Waals surface area contributed by atoms with Crippen molar-refractivity contribution in [2.75, 3.05) is 21.3 Å². The van der Waals surface area contributed by atoms with Crippen LogP contribution in [0.5, 0.6) is 34.6 Å². The van der Waals surface area contributed by atoms with Crippen LogP contribution in [0.15, 0.2) is 67.0 Å². The highest BCUT2D eigenvalue weighted by Crippen LogP contribution is 2.48. The van der Waals surface area contributed by atoms with Gasteiger partial charge >= 0.3 is 0 Å². The molecule has 0 spiro atoms. The third-order valence-electron chi connectivity index (χ3n) is 6.49. The number of hydrogen-bond donors (Lipinski definition) is 1. The van der Waals surface area contributed by atoms with E-state index in [2.05, 4.69) is 4.98 Å². The van der Waals surface area contributed by atoms with Crippen molar-refractivity contribution in [2.45, 2.75) is 12.3 Å². The van der Waals surface area contributed by atoms with E-state index < -0.39 is 0 Å². The molecule has 2 aromatic heterocycles. The van der Waals surface area contributed by atoms with Crippen LogP contribution < -0.4 is 18.9 Å². The second-order valence-electron chi connectivity index (χ2n) is 8.66. The second-order valence-corrected chi connectivity index (χ2v) is 8.66. The molecular formula is C28H24N4O5. The standard InChI is InChI=1S/C28H24N4O5/c1-34-19-8-5-17(6-9-19)25-20-10-7-18(33)14-22(20)37-28-26(25)27-30-24(31-32(27)15-29-28)13-16-4-11-21(35-2)23(12-16)36-3/h4-12,14-15,25,33H,13H2,1-3H3. The second kappa shape index (κ2) is 9.02. The average Bonchev–Trinajstić information content (AvgIpc) is 3.34. The fraction of sp³-hybridized carbons (Fsp3) is 0.179. The quantitative estimate of drug-likeness (QED) is 0.353. The van der Waals surface area contributed by atoms with Crippen LogP contribution in [0, 0.1) is 0 Å². The van der Waals surface area contributed by atoms with E-state index in [9.17, 15) is 5.11 Å². The number of benzene rings is 3. The van der Waals surface area contributed by atoms with E-state index in [-0.39, 0.29) is 11.7 Å². The summed E-state index contributed by atoms with van der Waals surface area (Å²) in [5.74, 6) is 3.57. The fourth-order valence-corrected chi connectivity index (χ4v) is 4.74. The molecule has 37 heavy (non-hydrogen) atoms. The molecule has 1 N–H and O–H groups in total. The third-order valence-corrected chi connectivity index (χ3v) is 6.49. The molecule has 3 aromatic carbocycles. The van der Waals surface area contributed by atoms with Crippen LogP contribution in [0.3, 0.4) is 0 Å². The Morgan fingerprint density at radius 2 is 1.73 bits per heavy atom. The van der Waals surface area contributed by atoms with Crippen LogP contribution >= 0.6 is 0 Å². The number of hydrogen-bond acceptors (Lipinski definition) is 8. The number of aromatic nitrogens is 4. The van der Waals surface area contributed by atoms with Gasteiger partial charge in [0.05, 0.1) is 26.9 Å². The van der Waals surface area contributed by atoms with E-state index in [0.29, 0.717) is 41.0 Å². The number of phenolic OH excluding ortho intramolecular Hbond substituents is 1. The van der Waals surface area contributed by atoms with Gasteiger partial charge in [0.15, 0.2) is 23.0 Å². The molecule has 0 saturated carbocycles. The molecule has 5 aromatic rings. The van der Waals surface area contributed by atoms with Gasteiger partial charge in [0.1, 0.15) is 23.6 Å². The van der Waals surface area contributed by atoms with E-state index in [1.54, 1.807) is 44.3 Å². The zero-order valence-corrected chi connectivity index (χ0v) is 20.5. The van der Waals surface area contributed by atoms with Gasteiger partial charge in [-0.15, -0.1) is 5.10 Å². The van der Waals surface area contributed by atoms with E-state index in [0.717, 1.165) is 28.0 Å². The highest BCUT2D eigenvalue weighted by Gasteiger charge is 2.33. The Morgan fingerprint density at radius 3 is 2.49 bits per heavy atom. The van der Waals surface area contributed by atoms with E-state index in [1.165, 1.54) is 0 Å². The summed E-state index contributed by atoms with van der Waals surface area (Å²) in [7, 11) is 4.86. The summed E-state index contributed by atoms with van der Waals surface area (Å²) in [6, 6.07) is 18.8. The maximum atomic E-state index is 10.1. The first-order valence-corrected chi connectivity index (χ1v) is 11.7. The third kappa shape index (κ3) is 3.94. The lowest BCUT2D eigenvalue weighted by Gasteiger charge is -2.28. The summed E-state index contributed by atoms with van der Waals surface area (Å²) < 4.78 is 24.0. The molecule has 9 heteroatoms. The smallest absolute Gasteiger partial charge is 0.228 e. The molecule has 0 aliphatic carbocycles. The van der Waals surface area contributed by atoms with Crippen molar-refractivity contribution in [3.63, 3.8) is 0 Å². The van der Waals surface area contributed by atoms with Crippen molar-refractivity contribution in [3.05, 3.63) is 95.1 Å². The lowest BCUT2D eigenvalue weighted by molar-refractivity contribution is 0.354. The Morgan fingerprint density at radius 1 is 0.919 bits per heavy atom. The SMILES string of the molecule is COc1ccc(C2c3ccc(O)cc3Oc3ncn4nc(Cc5ccc(OC)c(OC)c5)nc4c32)cc1. The molecule has 0 bridgehead atoms. The van der Waals surface area contributed by atoms with Crippen molar-refractivity contribution in [1.29, 1.82) is 0 Å². The molecule has 1 aliphatic rings. The van der Waals surface area contributed by atoms with Gasteiger partial charge in [-0.05, 0) is 41.5 Å². The zero-order chi connectivity index (χ0) is 25.5. The van der Waals surface area contributed by atoms with Crippen LogP contribution in [-0.2, 0) is 6.42 Å². The fourth-order valence-electron chi connectivity index (χ4n) is 4.74. The van der Waals surface area contributed by atoms with Crippen LogP contribution in [0.1, 0.15) is 34.0 Å². The highest BCUT2D eigenvalue weighted by molar-refractivity contribution is 5.66. The lowest BCUT2D eigenvalue weighted by Crippen LogP contribution is -2.15. The highest BCUT2D eigenvalue weighted by atomic mass is 16.5. The summed E-state index contributed by atoms with van der Waals surface area (Å²) in [5.41, 5.74) is 4.35. The maximum Gasteiger partial charge on any atom is 0.228 e. The van der Waals surface area contributed by atoms with Gasteiger partial charge in [0, 0.05) is 24.0 Å². The minimum Gasteiger partial charge on any atom is -0.508 e. The first-order valence-electron chi connectivity index (χ1n) is 11.7. The van der Waals surface area contributed by atoms with Gasteiger partial charge in [-0.3, -0.25) is 0 Å². The van der Waals surface area contributed by atoms with Gasteiger partial charge in [0.25, 0.3) is 0 Å². The molecule has 9 nitrogen and oxygen atoms in total. The van der Waals surface area contributed by atoms with Crippen LogP contribution in [0.25, 0.3) is 5.65 Å². The van der Waals surface area contributed by atoms with E-state index in [1.807, 2.05) is 48.5 Å². The summed E-state index contributed by atoms with van der Waals surface area (Å²) in [4.78, 5) is 9.46. The van der Waals surface area contributed by atoms with Gasteiger partial charge in [-0.1, -0.05) is 24.3 Å². The summed E-state index contributed by atoms with van der Waals surface area (Å²) >= 11 is 0. The number of aromatic hydroxyl groups is 1. The Hall–Kier alpha value is -4.79. The van der Waals surface area contributed by atoms with Gasteiger partial charge in [-0.2, -0.15) is 0 Å². The minimum atomic E-state index is -0.236. The van der Waals surface area contributed by atoms with E-state index in [4.69, 9.17) is 29.0 Å². The van der Waals surface area contributed by atoms with Gasteiger partial charge in [-0.25, -0.2) is 14.5 Å². The first kappa shape index (κ1) is 22.7. The Labute approximate surface area is 212 Å². The maximum absolute atomic E-state index is 10.1. The lowest BCUT2D eigenvalue weighted by atomic mass is 9.84.